The fourth-order valence-electron chi connectivity index (χ4n) is 3.27. The number of hydrogen-bond donors (Lipinski definition) is 0. The topological polar surface area (TPSA) is 38.8 Å². The van der Waals surface area contributed by atoms with E-state index < -0.39 is 0 Å². The summed E-state index contributed by atoms with van der Waals surface area (Å²) >= 11 is 0. The Bertz CT molecular complexity index is 423. The van der Waals surface area contributed by atoms with Crippen LogP contribution >= 0.6 is 0 Å². The summed E-state index contributed by atoms with van der Waals surface area (Å²) in [6, 6.07) is 0. The molecule has 0 saturated carbocycles. The molecule has 3 rings (SSSR count). The monoisotopic (exact) mass is 248 g/mol. The number of allylic oxidation sites excluding steroid dienone is 1. The van der Waals surface area contributed by atoms with E-state index in [0.29, 0.717) is 11.5 Å². The minimum atomic E-state index is -0.237. The lowest BCUT2D eigenvalue weighted by molar-refractivity contribution is -0.139. The molecule has 0 radical (unpaired) electrons. The van der Waals surface area contributed by atoms with Crippen LogP contribution in [0.5, 0.6) is 0 Å². The van der Waals surface area contributed by atoms with Crippen molar-refractivity contribution in [3.05, 3.63) is 23.8 Å². The first kappa shape index (κ1) is 12.0. The molecule has 0 aromatic rings. The fourth-order valence-corrected chi connectivity index (χ4v) is 3.27. The minimum absolute atomic E-state index is 0.0615. The number of rotatable bonds is 0. The van der Waals surface area contributed by atoms with Crippen molar-refractivity contribution in [3.63, 3.8) is 0 Å². The molecule has 2 heterocycles. The highest BCUT2D eigenvalue weighted by atomic mass is 16.6. The third-order valence-electron chi connectivity index (χ3n) is 4.44. The number of epoxide rings is 1. The summed E-state index contributed by atoms with van der Waals surface area (Å²) in [5, 5.41) is 0. The normalized spacial score (nSPS) is 43.7. The molecular weight excluding hydrogens is 228 g/mol. The van der Waals surface area contributed by atoms with Gasteiger partial charge in [0.15, 0.2) is 0 Å². The zero-order chi connectivity index (χ0) is 12.9. The third kappa shape index (κ3) is 1.91. The smallest absolute Gasteiger partial charge is 0.334 e. The Morgan fingerprint density at radius 1 is 1.39 bits per heavy atom. The Morgan fingerprint density at radius 3 is 2.94 bits per heavy atom. The van der Waals surface area contributed by atoms with Crippen molar-refractivity contribution < 1.29 is 14.3 Å². The van der Waals surface area contributed by atoms with E-state index >= 15 is 0 Å². The van der Waals surface area contributed by atoms with Gasteiger partial charge in [-0.2, -0.15) is 0 Å². The second kappa shape index (κ2) is 4.23. The number of esters is 1. The quantitative estimate of drug-likeness (QED) is 0.286. The highest BCUT2D eigenvalue weighted by molar-refractivity contribution is 5.91. The first-order chi connectivity index (χ1) is 8.58. The van der Waals surface area contributed by atoms with Crippen molar-refractivity contribution in [3.8, 4) is 0 Å². The Kier molecular flexibility index (Phi) is 2.81. The molecule has 0 bridgehead atoms. The van der Waals surface area contributed by atoms with Crippen LogP contribution in [0, 0.1) is 11.8 Å². The largest absolute Gasteiger partial charge is 0.458 e. The molecule has 2 fully saturated rings. The van der Waals surface area contributed by atoms with Crippen LogP contribution in [0.4, 0.5) is 0 Å². The molecular formula is C15H20O3. The number of fused-ring (bicyclic) bond motifs is 3. The van der Waals surface area contributed by atoms with Gasteiger partial charge in [0, 0.05) is 12.0 Å². The zero-order valence-corrected chi connectivity index (χ0v) is 11.0. The van der Waals surface area contributed by atoms with Crippen molar-refractivity contribution >= 4 is 5.97 Å². The van der Waals surface area contributed by atoms with E-state index in [0.717, 1.165) is 19.3 Å². The molecule has 18 heavy (non-hydrogen) atoms. The van der Waals surface area contributed by atoms with Crippen LogP contribution < -0.4 is 0 Å². The summed E-state index contributed by atoms with van der Waals surface area (Å²) < 4.78 is 11.3. The molecule has 3 nitrogen and oxygen atoms in total. The average Bonchev–Trinajstić information content (AvgIpc) is 3.03. The van der Waals surface area contributed by atoms with Gasteiger partial charge < -0.3 is 9.47 Å². The zero-order valence-electron chi connectivity index (χ0n) is 11.0. The highest BCUT2D eigenvalue weighted by Gasteiger charge is 2.55. The van der Waals surface area contributed by atoms with E-state index in [1.165, 1.54) is 5.57 Å². The van der Waals surface area contributed by atoms with Crippen molar-refractivity contribution in [1.29, 1.82) is 0 Å². The molecule has 5 unspecified atom stereocenters. The van der Waals surface area contributed by atoms with E-state index in [4.69, 9.17) is 9.47 Å². The first-order valence-corrected chi connectivity index (χ1v) is 6.79. The van der Waals surface area contributed by atoms with Crippen LogP contribution in [0.1, 0.15) is 33.1 Å². The number of ether oxygens (including phenoxy) is 2. The standard InChI is InChI=1S/C15H20O3/c1-8-5-4-6-9(2)13-14(18-13)12-10(3)15(16)17-11(12)7-8/h5,9,11-14H,3-4,6-7H2,1-2H3. The predicted octanol–water partition coefficient (Wildman–Crippen LogP) is 2.62. The summed E-state index contributed by atoms with van der Waals surface area (Å²) in [5.41, 5.74) is 1.91. The molecule has 2 aliphatic heterocycles. The fraction of sp³-hybridized carbons (Fsp3) is 0.667. The van der Waals surface area contributed by atoms with Crippen LogP contribution in [-0.2, 0) is 14.3 Å². The van der Waals surface area contributed by atoms with Crippen LogP contribution in [0.3, 0.4) is 0 Å². The summed E-state index contributed by atoms with van der Waals surface area (Å²) in [7, 11) is 0. The maximum absolute atomic E-state index is 11.7. The molecule has 0 N–H and O–H groups in total. The van der Waals surface area contributed by atoms with Gasteiger partial charge in [-0.25, -0.2) is 4.79 Å². The third-order valence-corrected chi connectivity index (χ3v) is 4.44. The van der Waals surface area contributed by atoms with Gasteiger partial charge in [0.25, 0.3) is 0 Å². The molecule has 3 heteroatoms. The molecule has 0 aromatic heterocycles. The van der Waals surface area contributed by atoms with Crippen LogP contribution in [0.15, 0.2) is 23.8 Å². The average molecular weight is 248 g/mol. The van der Waals surface area contributed by atoms with Gasteiger partial charge in [0.2, 0.25) is 0 Å². The Labute approximate surface area is 108 Å². The number of hydrogen-bond acceptors (Lipinski definition) is 3. The van der Waals surface area contributed by atoms with Gasteiger partial charge >= 0.3 is 5.97 Å². The van der Waals surface area contributed by atoms with Gasteiger partial charge in [-0.1, -0.05) is 25.2 Å². The van der Waals surface area contributed by atoms with Crippen molar-refractivity contribution in [2.45, 2.75) is 51.4 Å². The highest BCUT2D eigenvalue weighted by Crippen LogP contribution is 2.46. The SMILES string of the molecule is C=C1C(=O)OC2CC(C)=CCCC(C)C3OC3C12. The van der Waals surface area contributed by atoms with Crippen molar-refractivity contribution in [2.75, 3.05) is 0 Å². The predicted molar refractivity (Wildman–Crippen MR) is 67.9 cm³/mol. The number of carbonyl (C=O) groups is 1. The molecule has 98 valence electrons. The molecule has 0 spiro atoms. The van der Waals surface area contributed by atoms with Gasteiger partial charge in [-0.15, -0.1) is 0 Å². The van der Waals surface area contributed by atoms with Crippen molar-refractivity contribution in [2.24, 2.45) is 11.8 Å². The minimum Gasteiger partial charge on any atom is -0.458 e. The van der Waals surface area contributed by atoms with Crippen molar-refractivity contribution in [1.82, 2.24) is 0 Å². The molecule has 3 aliphatic rings. The van der Waals surface area contributed by atoms with E-state index in [9.17, 15) is 4.79 Å². The summed E-state index contributed by atoms with van der Waals surface area (Å²) in [5.74, 6) is 0.367. The molecule has 0 amide bonds. The van der Waals surface area contributed by atoms with Gasteiger partial charge in [0.1, 0.15) is 6.10 Å². The molecule has 5 atom stereocenters. The van der Waals surface area contributed by atoms with Gasteiger partial charge in [-0.3, -0.25) is 0 Å². The van der Waals surface area contributed by atoms with E-state index in [2.05, 4.69) is 26.5 Å². The lowest BCUT2D eigenvalue weighted by atomic mass is 9.84. The molecule has 2 saturated heterocycles. The Morgan fingerprint density at radius 2 is 2.17 bits per heavy atom. The second-order valence-electron chi connectivity index (χ2n) is 5.87. The summed E-state index contributed by atoms with van der Waals surface area (Å²) in [6.07, 6.45) is 5.69. The molecule has 0 aromatic carbocycles. The second-order valence-corrected chi connectivity index (χ2v) is 5.87. The van der Waals surface area contributed by atoms with Crippen LogP contribution in [0.2, 0.25) is 0 Å². The van der Waals surface area contributed by atoms with E-state index in [1.54, 1.807) is 0 Å². The van der Waals surface area contributed by atoms with E-state index in [-0.39, 0.29) is 30.2 Å². The number of carbonyl (C=O) groups excluding carboxylic acids is 1. The van der Waals surface area contributed by atoms with Crippen LogP contribution in [0.25, 0.3) is 0 Å². The maximum atomic E-state index is 11.7. The first-order valence-electron chi connectivity index (χ1n) is 6.79. The van der Waals surface area contributed by atoms with Gasteiger partial charge in [-0.05, 0) is 25.7 Å². The molecule has 1 aliphatic carbocycles. The lowest BCUT2D eigenvalue weighted by Gasteiger charge is -2.18. The van der Waals surface area contributed by atoms with Gasteiger partial charge in [0.05, 0.1) is 18.1 Å². The van der Waals surface area contributed by atoms with E-state index in [1.807, 2.05) is 0 Å². The Balaban J connectivity index is 1.88. The lowest BCUT2D eigenvalue weighted by Crippen LogP contribution is -2.25. The summed E-state index contributed by atoms with van der Waals surface area (Å²) in [6.45, 7) is 8.24. The summed E-state index contributed by atoms with van der Waals surface area (Å²) in [4.78, 5) is 11.7. The Hall–Kier alpha value is -1.09. The maximum Gasteiger partial charge on any atom is 0.334 e. The van der Waals surface area contributed by atoms with Crippen LogP contribution in [-0.4, -0.2) is 24.3 Å².